The van der Waals surface area contributed by atoms with Crippen LogP contribution in [0.4, 0.5) is 0 Å². The topological polar surface area (TPSA) is 94.1 Å². The Hall–Kier alpha value is -2.28. The zero-order valence-electron chi connectivity index (χ0n) is 16.6. The van der Waals surface area contributed by atoms with Crippen LogP contribution in [0.2, 0.25) is 0 Å². The normalized spacial score (nSPS) is 19.9. The van der Waals surface area contributed by atoms with Crippen LogP contribution in [0, 0.1) is 5.92 Å². The predicted molar refractivity (Wildman–Crippen MR) is 100 cm³/mol. The Morgan fingerprint density at radius 3 is 2.52 bits per heavy atom. The number of benzene rings is 1. The first kappa shape index (κ1) is 21.0. The largest absolute Gasteiger partial charge is 0.497 e. The van der Waals surface area contributed by atoms with Gasteiger partial charge in [0.1, 0.15) is 17.5 Å². The van der Waals surface area contributed by atoms with Crippen LogP contribution in [0.25, 0.3) is 0 Å². The molecule has 1 fully saturated rings. The van der Waals surface area contributed by atoms with E-state index in [1.54, 1.807) is 20.3 Å². The molecule has 2 N–H and O–H groups in total. The average molecular weight is 379 g/mol. The molecule has 0 heterocycles. The third-order valence-electron chi connectivity index (χ3n) is 4.52. The molecule has 3 atom stereocenters. The molecule has 1 amide bonds. The number of carbonyl (C=O) groups excluding carboxylic acids is 1. The second-order valence-corrected chi connectivity index (χ2v) is 7.71. The molecule has 1 aromatic carbocycles. The second kappa shape index (κ2) is 8.61. The fourth-order valence-corrected chi connectivity index (χ4v) is 2.98. The summed E-state index contributed by atoms with van der Waals surface area (Å²) in [5.74, 6) is -0.194. The van der Waals surface area contributed by atoms with Gasteiger partial charge in [0, 0.05) is 30.4 Å². The highest BCUT2D eigenvalue weighted by molar-refractivity contribution is 5.87. The van der Waals surface area contributed by atoms with Crippen LogP contribution in [-0.2, 0) is 14.3 Å². The highest BCUT2D eigenvalue weighted by atomic mass is 16.5. The van der Waals surface area contributed by atoms with E-state index in [2.05, 4.69) is 5.32 Å². The lowest BCUT2D eigenvalue weighted by molar-refractivity contribution is -0.143. The van der Waals surface area contributed by atoms with E-state index >= 15 is 0 Å². The van der Waals surface area contributed by atoms with Gasteiger partial charge in [0.2, 0.25) is 5.91 Å². The lowest BCUT2D eigenvalue weighted by Gasteiger charge is -2.21. The molecule has 0 radical (unpaired) electrons. The van der Waals surface area contributed by atoms with E-state index in [4.69, 9.17) is 14.2 Å². The van der Waals surface area contributed by atoms with Crippen molar-refractivity contribution < 1.29 is 28.9 Å². The van der Waals surface area contributed by atoms with Gasteiger partial charge in [0.05, 0.1) is 19.8 Å². The van der Waals surface area contributed by atoms with Gasteiger partial charge in [-0.3, -0.25) is 4.79 Å². The van der Waals surface area contributed by atoms with Crippen LogP contribution >= 0.6 is 0 Å². The zero-order chi connectivity index (χ0) is 20.2. The summed E-state index contributed by atoms with van der Waals surface area (Å²) >= 11 is 0. The molecule has 1 aromatic rings. The summed E-state index contributed by atoms with van der Waals surface area (Å²) < 4.78 is 16.2. The lowest BCUT2D eigenvalue weighted by atomic mass is 10.1. The second-order valence-electron chi connectivity index (χ2n) is 7.71. The van der Waals surface area contributed by atoms with E-state index in [9.17, 15) is 14.7 Å². The Morgan fingerprint density at radius 1 is 1.26 bits per heavy atom. The Morgan fingerprint density at radius 2 is 1.96 bits per heavy atom. The lowest BCUT2D eigenvalue weighted by Crippen LogP contribution is -2.42. The molecule has 7 nitrogen and oxygen atoms in total. The highest BCUT2D eigenvalue weighted by Gasteiger charge is 2.46. The SMILES string of the molecule is COc1ccc(OC)c(C2CC2C(=O)NC(CCOC(C)(C)C)C(=O)O)c1. The van der Waals surface area contributed by atoms with Gasteiger partial charge < -0.3 is 24.6 Å². The van der Waals surface area contributed by atoms with Crippen molar-refractivity contribution in [2.45, 2.75) is 51.2 Å². The summed E-state index contributed by atoms with van der Waals surface area (Å²) in [6, 6.07) is 4.51. The third kappa shape index (κ3) is 5.85. The molecule has 1 aliphatic carbocycles. The summed E-state index contributed by atoms with van der Waals surface area (Å²) in [7, 11) is 3.16. The predicted octanol–water partition coefficient (Wildman–Crippen LogP) is 2.58. The van der Waals surface area contributed by atoms with Gasteiger partial charge in [0.25, 0.3) is 0 Å². The number of amides is 1. The first-order valence-electron chi connectivity index (χ1n) is 9.05. The van der Waals surface area contributed by atoms with Crippen molar-refractivity contribution in [2.24, 2.45) is 5.92 Å². The first-order valence-corrected chi connectivity index (χ1v) is 9.05. The smallest absolute Gasteiger partial charge is 0.326 e. The molecule has 0 bridgehead atoms. The van der Waals surface area contributed by atoms with Crippen molar-refractivity contribution in [3.8, 4) is 11.5 Å². The molecule has 0 aliphatic heterocycles. The van der Waals surface area contributed by atoms with Crippen molar-refractivity contribution in [1.82, 2.24) is 5.32 Å². The van der Waals surface area contributed by atoms with Gasteiger partial charge in [0.15, 0.2) is 0 Å². The Bertz CT molecular complexity index is 682. The number of methoxy groups -OCH3 is 2. The van der Waals surface area contributed by atoms with E-state index < -0.39 is 12.0 Å². The van der Waals surface area contributed by atoms with Gasteiger partial charge >= 0.3 is 5.97 Å². The van der Waals surface area contributed by atoms with Crippen molar-refractivity contribution in [3.05, 3.63) is 23.8 Å². The Balaban J connectivity index is 1.97. The zero-order valence-corrected chi connectivity index (χ0v) is 16.6. The van der Waals surface area contributed by atoms with Crippen LogP contribution < -0.4 is 14.8 Å². The van der Waals surface area contributed by atoms with Gasteiger partial charge in [-0.25, -0.2) is 4.79 Å². The molecular weight excluding hydrogens is 350 g/mol. The third-order valence-corrected chi connectivity index (χ3v) is 4.52. The Kier molecular flexibility index (Phi) is 6.70. The molecule has 3 unspecified atom stereocenters. The Labute approximate surface area is 160 Å². The number of aliphatic carboxylic acids is 1. The summed E-state index contributed by atoms with van der Waals surface area (Å²) in [5.41, 5.74) is 0.553. The number of carboxylic acid groups (broad SMARTS) is 1. The quantitative estimate of drug-likeness (QED) is 0.685. The maximum atomic E-state index is 12.5. The van der Waals surface area contributed by atoms with E-state index in [-0.39, 0.29) is 36.4 Å². The molecular formula is C20H29NO6. The fourth-order valence-electron chi connectivity index (χ4n) is 2.98. The van der Waals surface area contributed by atoms with Crippen LogP contribution in [0.1, 0.15) is 45.1 Å². The molecule has 0 saturated heterocycles. The van der Waals surface area contributed by atoms with E-state index in [0.717, 1.165) is 5.56 Å². The van der Waals surface area contributed by atoms with Crippen molar-refractivity contribution in [1.29, 1.82) is 0 Å². The van der Waals surface area contributed by atoms with E-state index in [1.165, 1.54) is 0 Å². The molecule has 2 rings (SSSR count). The average Bonchev–Trinajstić information content (AvgIpc) is 3.39. The molecule has 1 aliphatic rings. The standard InChI is InChI=1S/C20H29NO6/c1-20(2,3)27-9-8-16(19(23)24)21-18(22)15-11-13(15)14-10-12(25-4)6-7-17(14)26-5/h6-7,10,13,15-16H,8-9,11H2,1-5H3,(H,21,22)(H,23,24). The molecule has 0 spiro atoms. The maximum Gasteiger partial charge on any atom is 0.326 e. The number of hydrogen-bond acceptors (Lipinski definition) is 5. The maximum absolute atomic E-state index is 12.5. The van der Waals surface area contributed by atoms with Crippen LogP contribution in [0.3, 0.4) is 0 Å². The number of hydrogen-bond donors (Lipinski definition) is 2. The number of carbonyl (C=O) groups is 2. The van der Waals surface area contributed by atoms with Gasteiger partial charge in [-0.2, -0.15) is 0 Å². The van der Waals surface area contributed by atoms with Gasteiger partial charge in [-0.1, -0.05) is 0 Å². The number of rotatable bonds is 9. The summed E-state index contributed by atoms with van der Waals surface area (Å²) in [4.78, 5) is 24.0. The van der Waals surface area contributed by atoms with Crippen molar-refractivity contribution in [2.75, 3.05) is 20.8 Å². The van der Waals surface area contributed by atoms with Gasteiger partial charge in [-0.05, 0) is 45.4 Å². The summed E-state index contributed by atoms with van der Waals surface area (Å²) in [6.45, 7) is 5.96. The fraction of sp³-hybridized carbons (Fsp3) is 0.600. The summed E-state index contributed by atoms with van der Waals surface area (Å²) in [5, 5.41) is 12.0. The monoisotopic (exact) mass is 379 g/mol. The first-order chi connectivity index (χ1) is 12.7. The van der Waals surface area contributed by atoms with Crippen LogP contribution in [0.15, 0.2) is 18.2 Å². The highest BCUT2D eigenvalue weighted by Crippen LogP contribution is 2.51. The molecule has 1 saturated carbocycles. The minimum atomic E-state index is -1.06. The van der Waals surface area contributed by atoms with Crippen molar-refractivity contribution >= 4 is 11.9 Å². The number of nitrogens with one attached hydrogen (secondary N) is 1. The van der Waals surface area contributed by atoms with Crippen LogP contribution in [0.5, 0.6) is 11.5 Å². The molecule has 7 heteroatoms. The molecule has 27 heavy (non-hydrogen) atoms. The minimum Gasteiger partial charge on any atom is -0.497 e. The number of carboxylic acids is 1. The molecule has 0 aromatic heterocycles. The van der Waals surface area contributed by atoms with Crippen molar-refractivity contribution in [3.63, 3.8) is 0 Å². The summed E-state index contributed by atoms with van der Waals surface area (Å²) in [6.07, 6.45) is 0.873. The molecule has 150 valence electrons. The number of ether oxygens (including phenoxy) is 3. The van der Waals surface area contributed by atoms with E-state index in [0.29, 0.717) is 17.9 Å². The van der Waals surface area contributed by atoms with Crippen LogP contribution in [-0.4, -0.2) is 49.5 Å². The van der Waals surface area contributed by atoms with Gasteiger partial charge in [-0.15, -0.1) is 0 Å². The minimum absolute atomic E-state index is 0.00433. The van der Waals surface area contributed by atoms with E-state index in [1.807, 2.05) is 32.9 Å².